The Labute approximate surface area is 141 Å². The third-order valence-electron chi connectivity index (χ3n) is 3.89. The van der Waals surface area contributed by atoms with Gasteiger partial charge in [-0.3, -0.25) is 0 Å². The molecule has 0 atom stereocenters. The molecular weight excluding hydrogens is 298 g/mol. The predicted octanol–water partition coefficient (Wildman–Crippen LogP) is 5.05. The minimum absolute atomic E-state index is 0.305. The van der Waals surface area contributed by atoms with Crippen LogP contribution in [0.1, 0.15) is 22.8 Å². The summed E-state index contributed by atoms with van der Waals surface area (Å²) in [4.78, 5) is 10.9. The van der Waals surface area contributed by atoms with E-state index in [1.807, 2.05) is 24.3 Å². The molecule has 0 spiro atoms. The second kappa shape index (κ2) is 7.01. The second-order valence-electron chi connectivity index (χ2n) is 5.83. The third-order valence-corrected chi connectivity index (χ3v) is 3.89. The Morgan fingerprint density at radius 2 is 1.71 bits per heavy atom. The fourth-order valence-electron chi connectivity index (χ4n) is 2.60. The number of rotatable bonds is 5. The first-order chi connectivity index (χ1) is 11.6. The maximum atomic E-state index is 10.9. The van der Waals surface area contributed by atoms with E-state index in [0.717, 1.165) is 17.8 Å². The largest absolute Gasteiger partial charge is 0.478 e. The molecule has 0 fully saturated rings. The van der Waals surface area contributed by atoms with E-state index in [0.29, 0.717) is 5.56 Å². The molecule has 0 aromatic heterocycles. The molecule has 0 saturated heterocycles. The molecule has 3 heteroatoms. The highest BCUT2D eigenvalue weighted by atomic mass is 16.4. The van der Waals surface area contributed by atoms with Crippen molar-refractivity contribution < 1.29 is 9.90 Å². The van der Waals surface area contributed by atoms with Gasteiger partial charge < -0.3 is 10.4 Å². The fraction of sp³-hybridized carbons (Fsp3) is 0.0952. The Balaban J connectivity index is 1.67. The summed E-state index contributed by atoms with van der Waals surface area (Å²) in [5.74, 6) is -0.903. The van der Waals surface area contributed by atoms with Gasteiger partial charge in [0, 0.05) is 12.2 Å². The van der Waals surface area contributed by atoms with Gasteiger partial charge >= 0.3 is 5.97 Å². The van der Waals surface area contributed by atoms with Crippen molar-refractivity contribution in [3.05, 3.63) is 83.4 Å². The van der Waals surface area contributed by atoms with E-state index in [4.69, 9.17) is 5.11 Å². The lowest BCUT2D eigenvalue weighted by atomic mass is 10.1. The van der Waals surface area contributed by atoms with Crippen molar-refractivity contribution >= 4 is 28.5 Å². The Hall–Kier alpha value is -3.07. The first kappa shape index (κ1) is 15.8. The normalized spacial score (nSPS) is 11.5. The van der Waals surface area contributed by atoms with Crippen LogP contribution in [0.15, 0.2) is 72.3 Å². The third kappa shape index (κ3) is 3.82. The zero-order valence-corrected chi connectivity index (χ0v) is 13.5. The van der Waals surface area contributed by atoms with E-state index in [1.54, 1.807) is 12.1 Å². The Morgan fingerprint density at radius 3 is 2.42 bits per heavy atom. The van der Waals surface area contributed by atoms with Crippen LogP contribution in [0.4, 0.5) is 5.69 Å². The van der Waals surface area contributed by atoms with Gasteiger partial charge in [-0.05, 0) is 47.5 Å². The highest BCUT2D eigenvalue weighted by Crippen LogP contribution is 2.19. The maximum Gasteiger partial charge on any atom is 0.335 e. The summed E-state index contributed by atoms with van der Waals surface area (Å²) in [7, 11) is 0. The summed E-state index contributed by atoms with van der Waals surface area (Å²) in [6.45, 7) is 2.79. The van der Waals surface area contributed by atoms with Crippen molar-refractivity contribution in [1.82, 2.24) is 0 Å². The van der Waals surface area contributed by atoms with E-state index in [-0.39, 0.29) is 0 Å². The number of carboxylic acids is 1. The van der Waals surface area contributed by atoms with Crippen LogP contribution in [-0.4, -0.2) is 17.6 Å². The Kier molecular flexibility index (Phi) is 4.62. The summed E-state index contributed by atoms with van der Waals surface area (Å²) < 4.78 is 0. The lowest BCUT2D eigenvalue weighted by Crippen LogP contribution is -2.02. The average Bonchev–Trinajstić information content (AvgIpc) is 2.60. The molecule has 3 aromatic rings. The molecule has 3 nitrogen and oxygen atoms in total. The minimum Gasteiger partial charge on any atom is -0.478 e. The molecule has 0 aliphatic heterocycles. The number of fused-ring (bicyclic) bond motifs is 1. The molecule has 0 aliphatic rings. The number of carbonyl (C=O) groups is 1. The quantitative estimate of drug-likeness (QED) is 0.692. The number of carboxylic acid groups (broad SMARTS) is 1. The van der Waals surface area contributed by atoms with E-state index in [9.17, 15) is 4.79 Å². The minimum atomic E-state index is -0.903. The predicted molar refractivity (Wildman–Crippen MR) is 99.5 cm³/mol. The summed E-state index contributed by atoms with van der Waals surface area (Å²) in [5, 5.41) is 14.8. The van der Waals surface area contributed by atoms with Crippen molar-refractivity contribution in [1.29, 1.82) is 0 Å². The van der Waals surface area contributed by atoms with E-state index in [1.165, 1.54) is 16.3 Å². The molecule has 24 heavy (non-hydrogen) atoms. The topological polar surface area (TPSA) is 49.3 Å². The molecule has 2 N–H and O–H groups in total. The van der Waals surface area contributed by atoms with Crippen LogP contribution in [0.2, 0.25) is 0 Å². The molecule has 3 aromatic carbocycles. The van der Waals surface area contributed by atoms with Gasteiger partial charge in [0.25, 0.3) is 0 Å². The van der Waals surface area contributed by atoms with Crippen LogP contribution < -0.4 is 5.32 Å². The van der Waals surface area contributed by atoms with Crippen LogP contribution in [0.3, 0.4) is 0 Å². The van der Waals surface area contributed by atoms with Crippen LogP contribution >= 0.6 is 0 Å². The Bertz CT molecular complexity index is 895. The standard InChI is InChI=1S/C21H19NO2/c1-15(12-16-6-8-18(9-7-16)21(23)24)14-22-20-11-10-17-4-2-3-5-19(17)13-20/h2-13,22H,14H2,1H3,(H,23,24). The van der Waals surface area contributed by atoms with Crippen LogP contribution in [0.5, 0.6) is 0 Å². The highest BCUT2D eigenvalue weighted by Gasteiger charge is 2.01. The van der Waals surface area contributed by atoms with Gasteiger partial charge in [-0.1, -0.05) is 54.1 Å². The number of hydrogen-bond acceptors (Lipinski definition) is 2. The first-order valence-electron chi connectivity index (χ1n) is 7.85. The van der Waals surface area contributed by atoms with Crippen molar-refractivity contribution in [2.24, 2.45) is 0 Å². The van der Waals surface area contributed by atoms with Crippen LogP contribution in [0.25, 0.3) is 16.8 Å². The van der Waals surface area contributed by atoms with Crippen molar-refractivity contribution in [2.45, 2.75) is 6.92 Å². The number of nitrogens with one attached hydrogen (secondary N) is 1. The van der Waals surface area contributed by atoms with Gasteiger partial charge in [0.2, 0.25) is 0 Å². The van der Waals surface area contributed by atoms with Crippen molar-refractivity contribution in [2.75, 3.05) is 11.9 Å². The van der Waals surface area contributed by atoms with Gasteiger partial charge in [0.15, 0.2) is 0 Å². The molecule has 0 amide bonds. The van der Waals surface area contributed by atoms with Crippen LogP contribution in [0, 0.1) is 0 Å². The number of aromatic carboxylic acids is 1. The monoisotopic (exact) mass is 317 g/mol. The first-order valence-corrected chi connectivity index (χ1v) is 7.85. The van der Waals surface area contributed by atoms with Gasteiger partial charge in [-0.2, -0.15) is 0 Å². The summed E-state index contributed by atoms with van der Waals surface area (Å²) in [5.41, 5.74) is 3.56. The SMILES string of the molecule is CC(=Cc1ccc(C(=O)O)cc1)CNc1ccc2ccccc2c1. The number of benzene rings is 3. The van der Waals surface area contributed by atoms with Crippen molar-refractivity contribution in [3.63, 3.8) is 0 Å². The molecule has 120 valence electrons. The molecular formula is C21H19NO2. The molecule has 0 radical (unpaired) electrons. The lowest BCUT2D eigenvalue weighted by Gasteiger charge is -2.08. The lowest BCUT2D eigenvalue weighted by molar-refractivity contribution is 0.0697. The number of hydrogen-bond donors (Lipinski definition) is 2. The summed E-state index contributed by atoms with van der Waals surface area (Å²) in [6.07, 6.45) is 2.06. The maximum absolute atomic E-state index is 10.9. The molecule has 0 heterocycles. The Morgan fingerprint density at radius 1 is 1.00 bits per heavy atom. The number of anilines is 1. The average molecular weight is 317 g/mol. The highest BCUT2D eigenvalue weighted by molar-refractivity contribution is 5.88. The molecule has 0 aliphatic carbocycles. The van der Waals surface area contributed by atoms with E-state index >= 15 is 0 Å². The molecule has 3 rings (SSSR count). The van der Waals surface area contributed by atoms with E-state index < -0.39 is 5.97 Å². The van der Waals surface area contributed by atoms with Gasteiger partial charge in [-0.15, -0.1) is 0 Å². The molecule has 0 unspecified atom stereocenters. The zero-order valence-electron chi connectivity index (χ0n) is 13.5. The summed E-state index contributed by atoms with van der Waals surface area (Å²) >= 11 is 0. The van der Waals surface area contributed by atoms with E-state index in [2.05, 4.69) is 48.6 Å². The van der Waals surface area contributed by atoms with Crippen molar-refractivity contribution in [3.8, 4) is 0 Å². The smallest absolute Gasteiger partial charge is 0.335 e. The fourth-order valence-corrected chi connectivity index (χ4v) is 2.60. The van der Waals surface area contributed by atoms with Gasteiger partial charge in [0.1, 0.15) is 0 Å². The second-order valence-corrected chi connectivity index (χ2v) is 5.83. The molecule has 0 bridgehead atoms. The van der Waals surface area contributed by atoms with Crippen LogP contribution in [-0.2, 0) is 0 Å². The molecule has 0 saturated carbocycles. The zero-order chi connectivity index (χ0) is 16.9. The van der Waals surface area contributed by atoms with Gasteiger partial charge in [-0.25, -0.2) is 4.79 Å². The summed E-state index contributed by atoms with van der Waals surface area (Å²) in [6, 6.07) is 21.5. The van der Waals surface area contributed by atoms with Gasteiger partial charge in [0.05, 0.1) is 5.56 Å².